The van der Waals surface area contributed by atoms with Gasteiger partial charge >= 0.3 is 0 Å². The molecule has 1 aromatic rings. The molecule has 1 atom stereocenters. The Morgan fingerprint density at radius 1 is 1.33 bits per heavy atom. The summed E-state index contributed by atoms with van der Waals surface area (Å²) in [4.78, 5) is 13.6. The number of benzene rings is 1. The number of ether oxygens (including phenoxy) is 1. The van der Waals surface area contributed by atoms with Gasteiger partial charge in [0.25, 0.3) is 0 Å². The lowest BCUT2D eigenvalue weighted by atomic mass is 9.81. The van der Waals surface area contributed by atoms with Gasteiger partial charge in [-0.05, 0) is 30.2 Å². The zero-order chi connectivity index (χ0) is 14.9. The predicted molar refractivity (Wildman–Crippen MR) is 82.4 cm³/mol. The van der Waals surface area contributed by atoms with Gasteiger partial charge in [-0.2, -0.15) is 0 Å². The first-order chi connectivity index (χ1) is 10.1. The summed E-state index contributed by atoms with van der Waals surface area (Å²) in [6.07, 6.45) is 3.58. The van der Waals surface area contributed by atoms with Gasteiger partial charge in [0.05, 0.1) is 5.76 Å². The fraction of sp³-hybridized carbons (Fsp3) is 0.500. The van der Waals surface area contributed by atoms with E-state index in [1.165, 1.54) is 12.8 Å². The van der Waals surface area contributed by atoms with Crippen LogP contribution in [0.5, 0.6) is 0 Å². The molecule has 1 aliphatic heterocycles. The first kappa shape index (κ1) is 14.2. The molecule has 3 nitrogen and oxygen atoms in total. The van der Waals surface area contributed by atoms with Crippen LogP contribution in [0.3, 0.4) is 0 Å². The average Bonchev–Trinajstić information content (AvgIpc) is 3.26. The summed E-state index contributed by atoms with van der Waals surface area (Å²) in [5.41, 5.74) is 1.52. The smallest absolute Gasteiger partial charge is 0.219 e. The van der Waals surface area contributed by atoms with Crippen LogP contribution in [0.15, 0.2) is 42.7 Å². The largest absolute Gasteiger partial charge is 0.493 e. The molecule has 3 rings (SSSR count). The topological polar surface area (TPSA) is 29.5 Å². The van der Waals surface area contributed by atoms with E-state index in [4.69, 9.17) is 4.74 Å². The minimum Gasteiger partial charge on any atom is -0.493 e. The highest BCUT2D eigenvalue weighted by molar-refractivity contribution is 5.73. The number of carbonyl (C=O) groups is 1. The summed E-state index contributed by atoms with van der Waals surface area (Å²) in [7, 11) is 0. The molecule has 1 spiro atoms. The Hall–Kier alpha value is -1.77. The maximum atomic E-state index is 11.6. The molecule has 2 fully saturated rings. The van der Waals surface area contributed by atoms with Crippen LogP contribution in [0.4, 0.5) is 0 Å². The first-order valence-electron chi connectivity index (χ1n) is 7.72. The van der Waals surface area contributed by atoms with E-state index in [-0.39, 0.29) is 5.91 Å². The summed E-state index contributed by atoms with van der Waals surface area (Å²) < 4.78 is 5.94. The van der Waals surface area contributed by atoms with Crippen LogP contribution in [0.2, 0.25) is 0 Å². The highest BCUT2D eigenvalue weighted by Gasteiger charge is 2.53. The van der Waals surface area contributed by atoms with Crippen LogP contribution in [-0.4, -0.2) is 23.9 Å². The number of nitrogens with zero attached hydrogens (tertiary/aromatic N) is 1. The number of rotatable bonds is 4. The van der Waals surface area contributed by atoms with E-state index < -0.39 is 0 Å². The van der Waals surface area contributed by atoms with Crippen molar-refractivity contribution >= 4 is 5.91 Å². The maximum Gasteiger partial charge on any atom is 0.219 e. The van der Waals surface area contributed by atoms with Gasteiger partial charge in [0.1, 0.15) is 6.61 Å². The van der Waals surface area contributed by atoms with Gasteiger partial charge in [-0.3, -0.25) is 4.79 Å². The molecule has 0 N–H and O–H groups in total. The number of likely N-dealkylation sites (tertiary alicyclic amines) is 1. The van der Waals surface area contributed by atoms with Crippen molar-refractivity contribution in [2.45, 2.75) is 32.8 Å². The Morgan fingerprint density at radius 2 is 2.05 bits per heavy atom. The molecular weight excluding hydrogens is 262 g/mol. The second kappa shape index (κ2) is 5.55. The number of hydrogen-bond donors (Lipinski definition) is 0. The first-order valence-corrected chi connectivity index (χ1v) is 7.72. The molecule has 3 heteroatoms. The van der Waals surface area contributed by atoms with E-state index in [1.807, 2.05) is 23.1 Å². The SMILES string of the molecule is C=C(OCc1ccccc1)[C@H]1CN(C(C)=O)CCC12CC2. The number of hydrogen-bond acceptors (Lipinski definition) is 2. The van der Waals surface area contributed by atoms with Crippen molar-refractivity contribution < 1.29 is 9.53 Å². The van der Waals surface area contributed by atoms with E-state index in [0.717, 1.165) is 30.8 Å². The van der Waals surface area contributed by atoms with Crippen molar-refractivity contribution in [2.24, 2.45) is 11.3 Å². The molecule has 1 amide bonds. The summed E-state index contributed by atoms with van der Waals surface area (Å²) in [6, 6.07) is 10.2. The molecule has 1 aromatic carbocycles. The average molecular weight is 285 g/mol. The minimum absolute atomic E-state index is 0.159. The zero-order valence-electron chi connectivity index (χ0n) is 12.7. The highest BCUT2D eigenvalue weighted by atomic mass is 16.5. The second-order valence-electron chi connectivity index (χ2n) is 6.37. The molecule has 0 radical (unpaired) electrons. The summed E-state index contributed by atoms with van der Waals surface area (Å²) in [5.74, 6) is 1.30. The van der Waals surface area contributed by atoms with Gasteiger partial charge in [0.2, 0.25) is 5.91 Å². The van der Waals surface area contributed by atoms with Crippen LogP contribution >= 0.6 is 0 Å². The molecule has 1 saturated heterocycles. The summed E-state index contributed by atoms with van der Waals surface area (Å²) in [5, 5.41) is 0. The van der Waals surface area contributed by atoms with Gasteiger partial charge in [0, 0.05) is 25.9 Å². The van der Waals surface area contributed by atoms with Gasteiger partial charge in [-0.1, -0.05) is 36.9 Å². The third kappa shape index (κ3) is 2.97. The van der Waals surface area contributed by atoms with Crippen LogP contribution in [-0.2, 0) is 16.1 Å². The lowest BCUT2D eigenvalue weighted by Crippen LogP contribution is -2.44. The Balaban J connectivity index is 1.63. The lowest BCUT2D eigenvalue weighted by molar-refractivity contribution is -0.131. The van der Waals surface area contributed by atoms with Gasteiger partial charge in [-0.25, -0.2) is 0 Å². The Bertz CT molecular complexity index is 533. The highest BCUT2D eigenvalue weighted by Crippen LogP contribution is 2.58. The number of carbonyl (C=O) groups excluding carboxylic acids is 1. The molecule has 1 saturated carbocycles. The molecule has 0 bridgehead atoms. The molecular formula is C18H23NO2. The van der Waals surface area contributed by atoms with Crippen molar-refractivity contribution in [2.75, 3.05) is 13.1 Å². The molecule has 112 valence electrons. The van der Waals surface area contributed by atoms with E-state index >= 15 is 0 Å². The van der Waals surface area contributed by atoms with Gasteiger partial charge in [0.15, 0.2) is 0 Å². The van der Waals surface area contributed by atoms with Crippen LogP contribution in [0.25, 0.3) is 0 Å². The van der Waals surface area contributed by atoms with E-state index in [2.05, 4.69) is 18.7 Å². The van der Waals surface area contributed by atoms with E-state index in [0.29, 0.717) is 17.9 Å². The third-order valence-electron chi connectivity index (χ3n) is 5.02. The number of amides is 1. The molecule has 0 aromatic heterocycles. The lowest BCUT2D eigenvalue weighted by Gasteiger charge is -2.39. The fourth-order valence-corrected chi connectivity index (χ4v) is 3.38. The molecule has 0 unspecified atom stereocenters. The second-order valence-corrected chi connectivity index (χ2v) is 6.37. The summed E-state index contributed by atoms with van der Waals surface area (Å²) in [6.45, 7) is 8.03. The standard InChI is InChI=1S/C18H23NO2/c1-14(21-13-16-6-4-3-5-7-16)17-12-19(15(2)20)11-10-18(17)8-9-18/h3-7,17H,1,8-13H2,2H3/t17-/m1/s1. The van der Waals surface area contributed by atoms with E-state index in [9.17, 15) is 4.79 Å². The normalized spacial score (nSPS) is 22.9. The van der Waals surface area contributed by atoms with Gasteiger partial charge in [-0.15, -0.1) is 0 Å². The maximum absolute atomic E-state index is 11.6. The van der Waals surface area contributed by atoms with Gasteiger partial charge < -0.3 is 9.64 Å². The Kier molecular flexibility index (Phi) is 3.75. The number of piperidine rings is 1. The van der Waals surface area contributed by atoms with Crippen molar-refractivity contribution in [1.29, 1.82) is 0 Å². The molecule has 21 heavy (non-hydrogen) atoms. The Morgan fingerprint density at radius 3 is 2.67 bits per heavy atom. The fourth-order valence-electron chi connectivity index (χ4n) is 3.38. The summed E-state index contributed by atoms with van der Waals surface area (Å²) >= 11 is 0. The molecule has 2 aliphatic rings. The quantitative estimate of drug-likeness (QED) is 0.794. The van der Waals surface area contributed by atoms with Crippen LogP contribution in [0.1, 0.15) is 31.7 Å². The Labute approximate surface area is 126 Å². The predicted octanol–water partition coefficient (Wildman–Crippen LogP) is 3.37. The van der Waals surface area contributed by atoms with Crippen LogP contribution < -0.4 is 0 Å². The minimum atomic E-state index is 0.159. The molecule has 1 aliphatic carbocycles. The van der Waals surface area contributed by atoms with Crippen molar-refractivity contribution in [1.82, 2.24) is 4.90 Å². The monoisotopic (exact) mass is 285 g/mol. The van der Waals surface area contributed by atoms with Crippen molar-refractivity contribution in [3.8, 4) is 0 Å². The van der Waals surface area contributed by atoms with Crippen molar-refractivity contribution in [3.63, 3.8) is 0 Å². The van der Waals surface area contributed by atoms with E-state index in [1.54, 1.807) is 6.92 Å². The van der Waals surface area contributed by atoms with Crippen molar-refractivity contribution in [3.05, 3.63) is 48.2 Å². The third-order valence-corrected chi connectivity index (χ3v) is 5.02. The zero-order valence-corrected chi connectivity index (χ0v) is 12.7. The molecule has 1 heterocycles. The van der Waals surface area contributed by atoms with Crippen LogP contribution in [0, 0.1) is 11.3 Å².